The summed E-state index contributed by atoms with van der Waals surface area (Å²) in [6.45, 7) is 9.82. The summed E-state index contributed by atoms with van der Waals surface area (Å²) in [5.41, 5.74) is 0.385. The fourth-order valence-electron chi connectivity index (χ4n) is 0.952. The van der Waals surface area contributed by atoms with Crippen LogP contribution in [0.15, 0.2) is 24.8 Å². The van der Waals surface area contributed by atoms with Crippen molar-refractivity contribution < 1.29 is 35.8 Å². The van der Waals surface area contributed by atoms with Crippen molar-refractivity contribution in [2.75, 3.05) is 33.9 Å². The van der Waals surface area contributed by atoms with Gasteiger partial charge in [-0.3, -0.25) is 4.79 Å². The van der Waals surface area contributed by atoms with Crippen LogP contribution in [0.2, 0.25) is 0 Å². The summed E-state index contributed by atoms with van der Waals surface area (Å²) < 4.78 is 5.50. The molecule has 0 aromatic heterocycles. The summed E-state index contributed by atoms with van der Waals surface area (Å²) >= 11 is 0. The van der Waals surface area contributed by atoms with Crippen LogP contribution in [0.4, 0.5) is 0 Å². The smallest absolute Gasteiger partial charge is 0.333 e. The second-order valence-corrected chi connectivity index (χ2v) is 4.48. The first-order chi connectivity index (χ1) is 7.78. The molecular weight excluding hydrogens is 300 g/mol. The van der Waals surface area contributed by atoms with Gasteiger partial charge >= 0.3 is 5.97 Å². The molecule has 5 nitrogen and oxygen atoms in total. The molecule has 0 bridgehead atoms. The Hall–Kier alpha value is -1.14. The van der Waals surface area contributed by atoms with Gasteiger partial charge in [-0.25, -0.2) is 4.79 Å². The van der Waals surface area contributed by atoms with E-state index in [9.17, 15) is 9.59 Å². The summed E-state index contributed by atoms with van der Waals surface area (Å²) in [6.07, 6.45) is 1.22. The van der Waals surface area contributed by atoms with Crippen LogP contribution in [0, 0.1) is 0 Å². The Bertz CT molecular complexity index is 327. The number of halogens is 1. The maximum absolute atomic E-state index is 11.1. The van der Waals surface area contributed by atoms with Crippen LogP contribution in [0.3, 0.4) is 0 Å². The van der Waals surface area contributed by atoms with Gasteiger partial charge in [0.1, 0.15) is 13.2 Å². The van der Waals surface area contributed by atoms with E-state index in [1.165, 1.54) is 6.08 Å². The largest absolute Gasteiger partial charge is 1.00 e. The molecule has 0 saturated heterocycles. The van der Waals surface area contributed by atoms with E-state index in [1.807, 2.05) is 14.1 Å². The van der Waals surface area contributed by atoms with Crippen molar-refractivity contribution in [3.8, 4) is 0 Å². The third kappa shape index (κ3) is 8.95. The molecule has 0 aliphatic carbocycles. The number of amides is 1. The molecule has 0 spiro atoms. The van der Waals surface area contributed by atoms with Gasteiger partial charge in [0.15, 0.2) is 6.67 Å². The second kappa shape index (κ2) is 8.88. The Kier molecular flexibility index (Phi) is 9.47. The SMILES string of the molecule is C=CC(=O)NC[N+](C)(C)CCOC(=O)C(=C)C.[Br-]. The monoisotopic (exact) mass is 320 g/mol. The first-order valence-electron chi connectivity index (χ1n) is 5.33. The van der Waals surface area contributed by atoms with Crippen LogP contribution in [0.5, 0.6) is 0 Å². The number of ether oxygens (including phenoxy) is 1. The molecule has 0 radical (unpaired) electrons. The predicted molar refractivity (Wildman–Crippen MR) is 66.0 cm³/mol. The topological polar surface area (TPSA) is 55.4 Å². The van der Waals surface area contributed by atoms with Gasteiger partial charge < -0.3 is 31.5 Å². The number of likely N-dealkylation sites (N-methyl/N-ethyl adjacent to an activating group) is 1. The van der Waals surface area contributed by atoms with Gasteiger partial charge in [-0.1, -0.05) is 13.2 Å². The number of carbonyl (C=O) groups is 2. The zero-order valence-corrected chi connectivity index (χ0v) is 12.7. The number of nitrogens with one attached hydrogen (secondary N) is 1. The molecule has 1 amide bonds. The number of hydrogen-bond donors (Lipinski definition) is 1. The lowest BCUT2D eigenvalue weighted by molar-refractivity contribution is -0.892. The lowest BCUT2D eigenvalue weighted by Gasteiger charge is -2.29. The normalized spacial score (nSPS) is 9.94. The molecule has 0 heterocycles. The first-order valence-corrected chi connectivity index (χ1v) is 5.33. The maximum atomic E-state index is 11.1. The Balaban J connectivity index is 0. The van der Waals surface area contributed by atoms with Crippen molar-refractivity contribution in [3.05, 3.63) is 24.8 Å². The third-order valence-electron chi connectivity index (χ3n) is 2.14. The lowest BCUT2D eigenvalue weighted by atomic mass is 10.4. The van der Waals surface area contributed by atoms with E-state index >= 15 is 0 Å². The van der Waals surface area contributed by atoms with Crippen LogP contribution in [-0.4, -0.2) is 50.3 Å². The predicted octanol–water partition coefficient (Wildman–Crippen LogP) is -2.55. The highest BCUT2D eigenvalue weighted by Gasteiger charge is 2.16. The second-order valence-electron chi connectivity index (χ2n) is 4.48. The van der Waals surface area contributed by atoms with Gasteiger partial charge in [-0.2, -0.15) is 0 Å². The molecule has 6 heteroatoms. The Morgan fingerprint density at radius 2 is 1.94 bits per heavy atom. The molecule has 0 saturated carbocycles. The van der Waals surface area contributed by atoms with E-state index in [4.69, 9.17) is 4.74 Å². The van der Waals surface area contributed by atoms with Crippen molar-refractivity contribution in [1.82, 2.24) is 5.32 Å². The van der Waals surface area contributed by atoms with Crippen molar-refractivity contribution in [3.63, 3.8) is 0 Å². The molecular formula is C12H21BrN2O3. The maximum Gasteiger partial charge on any atom is 0.333 e. The fourth-order valence-corrected chi connectivity index (χ4v) is 0.952. The van der Waals surface area contributed by atoms with Crippen molar-refractivity contribution in [2.45, 2.75) is 6.92 Å². The first kappa shape index (κ1) is 19.2. The molecule has 0 unspecified atom stereocenters. The molecule has 0 aromatic rings. The number of rotatable bonds is 7. The lowest BCUT2D eigenvalue weighted by Crippen LogP contribution is -3.00. The average molecular weight is 321 g/mol. The number of nitrogens with zero attached hydrogens (tertiary/aromatic N) is 1. The van der Waals surface area contributed by atoms with Gasteiger partial charge in [-0.05, 0) is 13.0 Å². The molecule has 0 aliphatic heterocycles. The molecule has 0 rings (SSSR count). The van der Waals surface area contributed by atoms with E-state index in [0.717, 1.165) is 0 Å². The standard InChI is InChI=1S/C12H20N2O3.BrH/c1-6-11(15)13-9-14(4,5)7-8-17-12(16)10(2)3;/h6H,1-2,7-9H2,3-5H3;1H. The van der Waals surface area contributed by atoms with Crippen LogP contribution >= 0.6 is 0 Å². The molecule has 18 heavy (non-hydrogen) atoms. The van der Waals surface area contributed by atoms with Crippen LogP contribution in [0.25, 0.3) is 0 Å². The zero-order valence-electron chi connectivity index (χ0n) is 11.2. The molecule has 0 fully saturated rings. The zero-order chi connectivity index (χ0) is 13.5. The minimum atomic E-state index is -0.389. The number of hydrogen-bond acceptors (Lipinski definition) is 3. The van der Waals surface area contributed by atoms with Gasteiger partial charge in [0.25, 0.3) is 0 Å². The van der Waals surface area contributed by atoms with Gasteiger partial charge in [0.05, 0.1) is 14.1 Å². The minimum absolute atomic E-state index is 0. The highest BCUT2D eigenvalue weighted by molar-refractivity contribution is 5.87. The van der Waals surface area contributed by atoms with Gasteiger partial charge in [-0.15, -0.1) is 0 Å². The van der Waals surface area contributed by atoms with Crippen molar-refractivity contribution >= 4 is 11.9 Å². The number of esters is 1. The average Bonchev–Trinajstić information content (AvgIpc) is 2.25. The third-order valence-corrected chi connectivity index (χ3v) is 2.14. The summed E-state index contributed by atoms with van der Waals surface area (Å²) in [6, 6.07) is 0. The molecule has 104 valence electrons. The molecule has 0 aromatic carbocycles. The van der Waals surface area contributed by atoms with Crippen molar-refractivity contribution in [1.29, 1.82) is 0 Å². The van der Waals surface area contributed by atoms with Gasteiger partial charge in [0, 0.05) is 5.57 Å². The van der Waals surface area contributed by atoms with Crippen molar-refractivity contribution in [2.24, 2.45) is 0 Å². The Labute approximate surface area is 119 Å². The summed E-state index contributed by atoms with van der Waals surface area (Å²) in [4.78, 5) is 22.1. The van der Waals surface area contributed by atoms with E-state index in [2.05, 4.69) is 18.5 Å². The molecule has 1 N–H and O–H groups in total. The summed E-state index contributed by atoms with van der Waals surface area (Å²) in [5.74, 6) is -0.602. The van der Waals surface area contributed by atoms with E-state index in [-0.39, 0.29) is 28.9 Å². The van der Waals surface area contributed by atoms with E-state index < -0.39 is 0 Å². The Morgan fingerprint density at radius 1 is 1.39 bits per heavy atom. The summed E-state index contributed by atoms with van der Waals surface area (Å²) in [5, 5.41) is 2.69. The van der Waals surface area contributed by atoms with E-state index in [1.54, 1.807) is 6.92 Å². The van der Waals surface area contributed by atoms with Crippen LogP contribution in [-0.2, 0) is 14.3 Å². The highest BCUT2D eigenvalue weighted by atomic mass is 79.9. The van der Waals surface area contributed by atoms with Crippen LogP contribution in [0.1, 0.15) is 6.92 Å². The van der Waals surface area contributed by atoms with Crippen LogP contribution < -0.4 is 22.3 Å². The highest BCUT2D eigenvalue weighted by Crippen LogP contribution is 1.97. The number of carbonyl (C=O) groups excluding carboxylic acids is 2. The van der Waals surface area contributed by atoms with Gasteiger partial charge in [0.2, 0.25) is 5.91 Å². The van der Waals surface area contributed by atoms with E-state index in [0.29, 0.717) is 29.9 Å². The Morgan fingerprint density at radius 3 is 2.39 bits per heavy atom. The fraction of sp³-hybridized carbons (Fsp3) is 0.500. The number of quaternary nitrogens is 1. The molecule has 0 atom stereocenters. The quantitative estimate of drug-likeness (QED) is 0.243. The minimum Gasteiger partial charge on any atom is -1.00 e. The molecule has 0 aliphatic rings. The summed E-state index contributed by atoms with van der Waals surface area (Å²) in [7, 11) is 3.86.